The van der Waals surface area contributed by atoms with Gasteiger partial charge in [-0.25, -0.2) is 0 Å². The van der Waals surface area contributed by atoms with Crippen molar-refractivity contribution in [3.63, 3.8) is 0 Å². The summed E-state index contributed by atoms with van der Waals surface area (Å²) in [5, 5.41) is 7.19. The van der Waals surface area contributed by atoms with Gasteiger partial charge in [0.25, 0.3) is 0 Å². The lowest BCUT2D eigenvalue weighted by Crippen LogP contribution is -2.15. The fraction of sp³-hybridized carbons (Fsp3) is 0.182. The highest BCUT2D eigenvalue weighted by Gasteiger charge is 2.19. The summed E-state index contributed by atoms with van der Waals surface area (Å²) in [6.45, 7) is 1.04. The fourth-order valence-electron chi connectivity index (χ4n) is 1.77. The molecule has 0 saturated carbocycles. The van der Waals surface area contributed by atoms with Gasteiger partial charge in [-0.15, -0.1) is 0 Å². The van der Waals surface area contributed by atoms with E-state index in [0.717, 1.165) is 11.3 Å². The van der Waals surface area contributed by atoms with Crippen LogP contribution in [0.2, 0.25) is 5.02 Å². The van der Waals surface area contributed by atoms with Crippen LogP contribution in [0.4, 0.5) is 5.82 Å². The second-order valence-corrected chi connectivity index (χ2v) is 4.04. The zero-order chi connectivity index (χ0) is 11.8. The number of fused-ring (bicyclic) bond motifs is 1. The van der Waals surface area contributed by atoms with Crippen molar-refractivity contribution >= 4 is 17.4 Å². The van der Waals surface area contributed by atoms with Crippen molar-refractivity contribution in [3.05, 3.63) is 23.2 Å². The average Bonchev–Trinajstić information content (AvgIpc) is 2.77. The number of nitrogens with one attached hydrogen (secondary N) is 1. The summed E-state index contributed by atoms with van der Waals surface area (Å²) >= 11 is 6.28. The van der Waals surface area contributed by atoms with Crippen LogP contribution in [0.5, 0.6) is 11.5 Å². The average molecular weight is 252 g/mol. The van der Waals surface area contributed by atoms with Gasteiger partial charge in [0.15, 0.2) is 11.5 Å². The molecule has 0 aliphatic carbocycles. The molecule has 1 aliphatic heterocycles. The number of H-pyrrole nitrogens is 1. The van der Waals surface area contributed by atoms with Crippen molar-refractivity contribution in [2.45, 2.75) is 0 Å². The highest BCUT2D eigenvalue weighted by Crippen LogP contribution is 2.42. The molecule has 1 aliphatic rings. The molecule has 88 valence electrons. The molecule has 0 fully saturated rings. The summed E-state index contributed by atoms with van der Waals surface area (Å²) in [6.07, 6.45) is 0. The minimum Gasteiger partial charge on any atom is -0.486 e. The molecule has 1 aromatic heterocycles. The van der Waals surface area contributed by atoms with E-state index in [4.69, 9.17) is 26.8 Å². The predicted octanol–water partition coefficient (Wildman–Crippen LogP) is 2.08. The number of ether oxygens (including phenoxy) is 2. The van der Waals surface area contributed by atoms with Crippen molar-refractivity contribution in [3.8, 4) is 22.8 Å². The Morgan fingerprint density at radius 2 is 2.12 bits per heavy atom. The number of aromatic nitrogens is 2. The van der Waals surface area contributed by atoms with E-state index < -0.39 is 0 Å². The minimum absolute atomic E-state index is 0.422. The molecule has 0 bridgehead atoms. The van der Waals surface area contributed by atoms with Crippen LogP contribution in [0, 0.1) is 0 Å². The van der Waals surface area contributed by atoms with Crippen LogP contribution in [-0.2, 0) is 0 Å². The first kappa shape index (κ1) is 10.3. The van der Waals surface area contributed by atoms with E-state index in [1.165, 1.54) is 0 Å². The maximum absolute atomic E-state index is 6.28. The summed E-state index contributed by atoms with van der Waals surface area (Å²) in [7, 11) is 0. The van der Waals surface area contributed by atoms with E-state index >= 15 is 0 Å². The van der Waals surface area contributed by atoms with Gasteiger partial charge < -0.3 is 15.2 Å². The van der Waals surface area contributed by atoms with E-state index in [1.807, 2.05) is 12.1 Å². The smallest absolute Gasteiger partial charge is 0.180 e. The van der Waals surface area contributed by atoms with Gasteiger partial charge >= 0.3 is 0 Å². The number of nitrogens with zero attached hydrogens (tertiary/aromatic N) is 1. The highest BCUT2D eigenvalue weighted by molar-refractivity contribution is 6.35. The van der Waals surface area contributed by atoms with Crippen molar-refractivity contribution < 1.29 is 9.47 Å². The molecule has 17 heavy (non-hydrogen) atoms. The van der Waals surface area contributed by atoms with E-state index in [0.29, 0.717) is 35.6 Å². The zero-order valence-corrected chi connectivity index (χ0v) is 9.62. The Kier molecular flexibility index (Phi) is 2.33. The molecule has 0 spiro atoms. The zero-order valence-electron chi connectivity index (χ0n) is 8.87. The Bertz CT molecular complexity index is 568. The number of hydrogen-bond acceptors (Lipinski definition) is 4. The van der Waals surface area contributed by atoms with Gasteiger partial charge in [-0.3, -0.25) is 5.10 Å². The maximum Gasteiger partial charge on any atom is 0.180 e. The van der Waals surface area contributed by atoms with Crippen LogP contribution >= 0.6 is 11.6 Å². The lowest BCUT2D eigenvalue weighted by molar-refractivity contribution is 0.172. The molecule has 2 heterocycles. The number of aromatic amines is 1. The van der Waals surface area contributed by atoms with Crippen molar-refractivity contribution in [2.75, 3.05) is 18.9 Å². The Labute approximate surface area is 102 Å². The normalized spacial score (nSPS) is 13.7. The largest absolute Gasteiger partial charge is 0.486 e. The van der Waals surface area contributed by atoms with E-state index in [-0.39, 0.29) is 0 Å². The summed E-state index contributed by atoms with van der Waals surface area (Å²) < 4.78 is 10.9. The van der Waals surface area contributed by atoms with Gasteiger partial charge in [0.05, 0.1) is 10.7 Å². The summed E-state index contributed by atoms with van der Waals surface area (Å²) in [5.41, 5.74) is 7.11. The third kappa shape index (κ3) is 1.68. The molecule has 2 aromatic rings. The lowest BCUT2D eigenvalue weighted by Gasteiger charge is -2.20. The first-order valence-corrected chi connectivity index (χ1v) is 5.53. The van der Waals surface area contributed by atoms with Crippen LogP contribution in [0.1, 0.15) is 0 Å². The van der Waals surface area contributed by atoms with Gasteiger partial charge in [-0.2, -0.15) is 5.10 Å². The minimum atomic E-state index is 0.422. The monoisotopic (exact) mass is 251 g/mol. The fourth-order valence-corrected chi connectivity index (χ4v) is 2.08. The quantitative estimate of drug-likeness (QED) is 0.814. The Balaban J connectivity index is 2.12. The standard InChI is InChI=1S/C11H10ClN3O2/c12-10-6(7-5-9(13)15-14-7)1-2-8-11(10)17-4-3-16-8/h1-2,5H,3-4H2,(H3,13,14,15). The Morgan fingerprint density at radius 3 is 2.88 bits per heavy atom. The molecule has 5 nitrogen and oxygen atoms in total. The third-order valence-electron chi connectivity index (χ3n) is 2.54. The van der Waals surface area contributed by atoms with Gasteiger partial charge in [-0.05, 0) is 12.1 Å². The summed E-state index contributed by atoms with van der Waals surface area (Å²) in [5.74, 6) is 1.66. The summed E-state index contributed by atoms with van der Waals surface area (Å²) in [4.78, 5) is 0. The molecule has 0 atom stereocenters. The lowest BCUT2D eigenvalue weighted by atomic mass is 10.1. The Morgan fingerprint density at radius 1 is 1.29 bits per heavy atom. The van der Waals surface area contributed by atoms with E-state index in [2.05, 4.69) is 10.2 Å². The van der Waals surface area contributed by atoms with Crippen LogP contribution in [-0.4, -0.2) is 23.4 Å². The molecule has 0 unspecified atom stereocenters. The van der Waals surface area contributed by atoms with Crippen molar-refractivity contribution in [2.24, 2.45) is 0 Å². The molecule has 1 aromatic carbocycles. The second-order valence-electron chi connectivity index (χ2n) is 3.66. The number of rotatable bonds is 1. The molecular formula is C11H10ClN3O2. The Hall–Kier alpha value is -1.88. The van der Waals surface area contributed by atoms with E-state index in [9.17, 15) is 0 Å². The van der Waals surface area contributed by atoms with Gasteiger partial charge in [0.2, 0.25) is 0 Å². The van der Waals surface area contributed by atoms with Crippen LogP contribution < -0.4 is 15.2 Å². The number of nitrogens with two attached hydrogens (primary N) is 1. The van der Waals surface area contributed by atoms with Crippen molar-refractivity contribution in [1.29, 1.82) is 0 Å². The number of nitrogen functional groups attached to an aromatic ring is 1. The summed E-state index contributed by atoms with van der Waals surface area (Å²) in [6, 6.07) is 5.40. The van der Waals surface area contributed by atoms with Crippen molar-refractivity contribution in [1.82, 2.24) is 10.2 Å². The van der Waals surface area contributed by atoms with Crippen LogP contribution in [0.3, 0.4) is 0 Å². The maximum atomic E-state index is 6.28. The van der Waals surface area contributed by atoms with Crippen LogP contribution in [0.25, 0.3) is 11.3 Å². The van der Waals surface area contributed by atoms with E-state index in [1.54, 1.807) is 6.07 Å². The number of anilines is 1. The van der Waals surface area contributed by atoms with Crippen LogP contribution in [0.15, 0.2) is 18.2 Å². The molecule has 3 N–H and O–H groups in total. The topological polar surface area (TPSA) is 73.2 Å². The number of hydrogen-bond donors (Lipinski definition) is 2. The molecule has 0 amide bonds. The third-order valence-corrected chi connectivity index (χ3v) is 2.91. The number of benzene rings is 1. The first-order valence-electron chi connectivity index (χ1n) is 5.15. The van der Waals surface area contributed by atoms with Gasteiger partial charge in [-0.1, -0.05) is 11.6 Å². The molecule has 3 rings (SSSR count). The second kappa shape index (κ2) is 3.85. The van der Waals surface area contributed by atoms with Gasteiger partial charge in [0.1, 0.15) is 19.0 Å². The van der Waals surface area contributed by atoms with Gasteiger partial charge in [0, 0.05) is 11.6 Å². The SMILES string of the molecule is Nc1cc(-c2ccc3c(c2Cl)OCCO3)[nH]n1. The molecule has 0 saturated heterocycles. The molecular weight excluding hydrogens is 242 g/mol. The molecule has 6 heteroatoms. The molecule has 0 radical (unpaired) electrons. The highest BCUT2D eigenvalue weighted by atomic mass is 35.5. The predicted molar refractivity (Wildman–Crippen MR) is 64.4 cm³/mol. The number of halogens is 1. The first-order chi connectivity index (χ1) is 8.25.